The van der Waals surface area contributed by atoms with Gasteiger partial charge in [0.25, 0.3) is 0 Å². The Morgan fingerprint density at radius 3 is 2.61 bits per heavy atom. The molecule has 6 heteroatoms. The molecule has 2 heterocycles. The summed E-state index contributed by atoms with van der Waals surface area (Å²) in [6.45, 7) is -0.574. The summed E-state index contributed by atoms with van der Waals surface area (Å²) in [5.41, 5.74) is 0.695. The number of pyridine rings is 1. The predicted octanol–water partition coefficient (Wildman–Crippen LogP) is -0.632. The van der Waals surface area contributed by atoms with Crippen molar-refractivity contribution in [3.05, 3.63) is 30.1 Å². The fraction of sp³-hybridized carbons (Fsp3) is 0.417. The Labute approximate surface area is 104 Å². The first-order valence-corrected chi connectivity index (χ1v) is 5.73. The lowest BCUT2D eigenvalue weighted by molar-refractivity contribution is 0.0414. The zero-order valence-electron chi connectivity index (χ0n) is 9.93. The molecule has 2 aromatic rings. The molecule has 0 bridgehead atoms. The monoisotopic (exact) mass is 251 g/mol. The van der Waals surface area contributed by atoms with Gasteiger partial charge >= 0.3 is 0 Å². The van der Waals surface area contributed by atoms with Crippen molar-refractivity contribution in [2.75, 3.05) is 19.8 Å². The number of hydrogen-bond acceptors (Lipinski definition) is 5. The van der Waals surface area contributed by atoms with Crippen LogP contribution < -0.4 is 5.32 Å². The first kappa shape index (κ1) is 13.0. The van der Waals surface area contributed by atoms with E-state index in [1.807, 2.05) is 18.3 Å². The number of fused-ring (bicyclic) bond motifs is 1. The lowest BCUT2D eigenvalue weighted by Crippen LogP contribution is -2.54. The van der Waals surface area contributed by atoms with E-state index in [1.54, 1.807) is 6.20 Å². The molecule has 0 saturated heterocycles. The second kappa shape index (κ2) is 5.45. The molecule has 0 aliphatic rings. The van der Waals surface area contributed by atoms with E-state index in [1.165, 1.54) is 0 Å². The second-order valence-corrected chi connectivity index (χ2v) is 4.32. The Hall–Kier alpha value is -1.47. The van der Waals surface area contributed by atoms with Crippen molar-refractivity contribution in [3.63, 3.8) is 0 Å². The predicted molar refractivity (Wildman–Crippen MR) is 66.9 cm³/mol. The Morgan fingerprint density at radius 1 is 1.22 bits per heavy atom. The maximum Gasteiger partial charge on any atom is 0.137 e. The third-order valence-corrected chi connectivity index (χ3v) is 3.10. The van der Waals surface area contributed by atoms with Crippen molar-refractivity contribution in [3.8, 4) is 0 Å². The molecule has 0 amide bonds. The topological polar surface area (TPSA) is 101 Å². The highest BCUT2D eigenvalue weighted by Crippen LogP contribution is 2.16. The highest BCUT2D eigenvalue weighted by atomic mass is 16.3. The van der Waals surface area contributed by atoms with Gasteiger partial charge in [0, 0.05) is 24.3 Å². The van der Waals surface area contributed by atoms with Gasteiger partial charge in [-0.3, -0.25) is 0 Å². The lowest BCUT2D eigenvalue weighted by Gasteiger charge is -2.28. The Bertz CT molecular complexity index is 500. The molecule has 0 unspecified atom stereocenters. The first-order chi connectivity index (χ1) is 8.74. The van der Waals surface area contributed by atoms with Crippen LogP contribution >= 0.6 is 0 Å². The van der Waals surface area contributed by atoms with Gasteiger partial charge in [0.15, 0.2) is 0 Å². The minimum atomic E-state index is -1.06. The van der Waals surface area contributed by atoms with Gasteiger partial charge in [0.1, 0.15) is 5.65 Å². The van der Waals surface area contributed by atoms with E-state index in [2.05, 4.69) is 15.3 Å². The number of hydrogen-bond donors (Lipinski definition) is 5. The summed E-state index contributed by atoms with van der Waals surface area (Å²) < 4.78 is 0. The fourth-order valence-corrected chi connectivity index (χ4v) is 1.76. The van der Waals surface area contributed by atoms with Crippen LogP contribution in [0, 0.1) is 0 Å². The number of aliphatic hydroxyl groups excluding tert-OH is 3. The number of aromatic nitrogens is 2. The van der Waals surface area contributed by atoms with Crippen molar-refractivity contribution in [2.24, 2.45) is 0 Å². The summed E-state index contributed by atoms with van der Waals surface area (Å²) in [7, 11) is 0. The third-order valence-electron chi connectivity index (χ3n) is 3.10. The van der Waals surface area contributed by atoms with Crippen LogP contribution in [0.5, 0.6) is 0 Å². The van der Waals surface area contributed by atoms with E-state index in [0.717, 1.165) is 16.6 Å². The van der Waals surface area contributed by atoms with Gasteiger partial charge in [0.05, 0.1) is 25.4 Å². The molecular weight excluding hydrogens is 234 g/mol. The van der Waals surface area contributed by atoms with Gasteiger partial charge in [-0.05, 0) is 17.7 Å². The highest BCUT2D eigenvalue weighted by Gasteiger charge is 2.27. The molecule has 0 fully saturated rings. The van der Waals surface area contributed by atoms with E-state index < -0.39 is 5.54 Å². The lowest BCUT2D eigenvalue weighted by atomic mass is 10.0. The molecule has 0 aliphatic heterocycles. The van der Waals surface area contributed by atoms with Crippen LogP contribution in [-0.2, 0) is 6.54 Å². The quantitative estimate of drug-likeness (QED) is 0.470. The van der Waals surface area contributed by atoms with E-state index >= 15 is 0 Å². The average molecular weight is 251 g/mol. The largest absolute Gasteiger partial charge is 0.394 e. The van der Waals surface area contributed by atoms with E-state index in [-0.39, 0.29) is 19.8 Å². The minimum Gasteiger partial charge on any atom is -0.394 e. The van der Waals surface area contributed by atoms with Crippen molar-refractivity contribution < 1.29 is 15.3 Å². The summed E-state index contributed by atoms with van der Waals surface area (Å²) in [5.74, 6) is 0. The zero-order chi connectivity index (χ0) is 13.0. The summed E-state index contributed by atoms with van der Waals surface area (Å²) in [6.07, 6.45) is 3.52. The van der Waals surface area contributed by atoms with Crippen LogP contribution in [-0.4, -0.2) is 50.6 Å². The first-order valence-electron chi connectivity index (χ1n) is 5.73. The number of rotatable bonds is 6. The third kappa shape index (κ3) is 2.37. The van der Waals surface area contributed by atoms with Gasteiger partial charge in [0.2, 0.25) is 0 Å². The van der Waals surface area contributed by atoms with Crippen LogP contribution in [0.1, 0.15) is 5.56 Å². The summed E-state index contributed by atoms with van der Waals surface area (Å²) in [6, 6.07) is 3.78. The van der Waals surface area contributed by atoms with Gasteiger partial charge in [-0.1, -0.05) is 0 Å². The molecule has 0 spiro atoms. The molecule has 6 nitrogen and oxygen atoms in total. The van der Waals surface area contributed by atoms with E-state index in [0.29, 0.717) is 6.54 Å². The van der Waals surface area contributed by atoms with Crippen molar-refractivity contribution in [1.29, 1.82) is 0 Å². The molecule has 0 radical (unpaired) electrons. The van der Waals surface area contributed by atoms with Crippen LogP contribution in [0.15, 0.2) is 24.5 Å². The molecule has 18 heavy (non-hydrogen) atoms. The van der Waals surface area contributed by atoms with Crippen molar-refractivity contribution >= 4 is 11.0 Å². The normalized spacial score (nSPS) is 12.2. The molecule has 0 atom stereocenters. The van der Waals surface area contributed by atoms with Crippen LogP contribution in [0.2, 0.25) is 0 Å². The van der Waals surface area contributed by atoms with Gasteiger partial charge in [-0.25, -0.2) is 4.98 Å². The molecule has 2 rings (SSSR count). The van der Waals surface area contributed by atoms with E-state index in [9.17, 15) is 15.3 Å². The highest BCUT2D eigenvalue weighted by molar-refractivity contribution is 5.79. The van der Waals surface area contributed by atoms with Crippen molar-refractivity contribution in [1.82, 2.24) is 15.3 Å². The number of aliphatic hydroxyl groups is 3. The average Bonchev–Trinajstić information content (AvgIpc) is 2.85. The van der Waals surface area contributed by atoms with Gasteiger partial charge in [-0.2, -0.15) is 0 Å². The maximum absolute atomic E-state index is 9.22. The molecule has 0 saturated carbocycles. The van der Waals surface area contributed by atoms with Crippen LogP contribution in [0.25, 0.3) is 11.0 Å². The molecule has 2 aromatic heterocycles. The Morgan fingerprint density at radius 2 is 1.94 bits per heavy atom. The smallest absolute Gasteiger partial charge is 0.137 e. The Kier molecular flexibility index (Phi) is 3.93. The number of H-pyrrole nitrogens is 1. The zero-order valence-corrected chi connectivity index (χ0v) is 9.93. The van der Waals surface area contributed by atoms with Crippen LogP contribution in [0.4, 0.5) is 0 Å². The SMILES string of the molecule is OCC(CO)(CO)NCc1c[nH]c2ncccc12. The summed E-state index contributed by atoms with van der Waals surface area (Å²) >= 11 is 0. The number of aromatic amines is 1. The van der Waals surface area contributed by atoms with Crippen molar-refractivity contribution in [2.45, 2.75) is 12.1 Å². The molecule has 0 aromatic carbocycles. The fourth-order valence-electron chi connectivity index (χ4n) is 1.76. The van der Waals surface area contributed by atoms with E-state index in [4.69, 9.17) is 0 Å². The number of nitrogens with one attached hydrogen (secondary N) is 2. The Balaban J connectivity index is 2.14. The van der Waals surface area contributed by atoms with Gasteiger partial charge in [-0.15, -0.1) is 0 Å². The number of nitrogens with zero attached hydrogens (tertiary/aromatic N) is 1. The minimum absolute atomic E-state index is 0.333. The van der Waals surface area contributed by atoms with Crippen LogP contribution in [0.3, 0.4) is 0 Å². The molecule has 98 valence electrons. The second-order valence-electron chi connectivity index (χ2n) is 4.32. The maximum atomic E-state index is 9.22. The molecule has 0 aliphatic carbocycles. The summed E-state index contributed by atoms with van der Waals surface area (Å²) in [4.78, 5) is 7.22. The molecule has 5 N–H and O–H groups in total. The summed E-state index contributed by atoms with van der Waals surface area (Å²) in [5, 5.41) is 31.6. The standard InChI is InChI=1S/C12H17N3O3/c16-6-12(7-17,8-18)15-5-9-4-14-11-10(9)2-1-3-13-11/h1-4,15-18H,5-8H2,(H,13,14). The molecular formula is C12H17N3O3. The van der Waals surface area contributed by atoms with Gasteiger partial charge < -0.3 is 25.6 Å².